The lowest BCUT2D eigenvalue weighted by molar-refractivity contribution is 0.0692. The summed E-state index contributed by atoms with van der Waals surface area (Å²) in [7, 11) is 1.95. The number of carboxylic acid groups (broad SMARTS) is 1. The molecule has 0 unspecified atom stereocenters. The SMILES string of the molecule is CC(C)N(C)CCNC(=O)Nc1ccc(F)c(C(=O)O)c1. The van der Waals surface area contributed by atoms with Crippen LogP contribution < -0.4 is 10.6 Å². The van der Waals surface area contributed by atoms with Crippen LogP contribution in [-0.2, 0) is 0 Å². The van der Waals surface area contributed by atoms with Crippen molar-refractivity contribution in [2.75, 3.05) is 25.5 Å². The summed E-state index contributed by atoms with van der Waals surface area (Å²) < 4.78 is 13.2. The van der Waals surface area contributed by atoms with Gasteiger partial charge in [0.2, 0.25) is 0 Å². The summed E-state index contributed by atoms with van der Waals surface area (Å²) in [6, 6.07) is 3.31. The van der Waals surface area contributed by atoms with Gasteiger partial charge in [0, 0.05) is 24.8 Å². The Balaban J connectivity index is 2.52. The number of rotatable bonds is 6. The highest BCUT2D eigenvalue weighted by atomic mass is 19.1. The molecule has 6 nitrogen and oxygen atoms in total. The molecule has 116 valence electrons. The Kier molecular flexibility index (Phi) is 6.10. The number of amides is 2. The summed E-state index contributed by atoms with van der Waals surface area (Å²) in [5, 5.41) is 13.9. The lowest BCUT2D eigenvalue weighted by Crippen LogP contribution is -2.37. The largest absolute Gasteiger partial charge is 0.478 e. The maximum atomic E-state index is 13.2. The van der Waals surface area contributed by atoms with Gasteiger partial charge < -0.3 is 20.6 Å². The van der Waals surface area contributed by atoms with E-state index in [4.69, 9.17) is 5.11 Å². The minimum atomic E-state index is -1.38. The van der Waals surface area contributed by atoms with Crippen molar-refractivity contribution in [1.29, 1.82) is 0 Å². The first-order valence-electron chi connectivity index (χ1n) is 6.59. The van der Waals surface area contributed by atoms with Crippen molar-refractivity contribution in [3.63, 3.8) is 0 Å². The zero-order valence-electron chi connectivity index (χ0n) is 12.3. The van der Waals surface area contributed by atoms with Crippen molar-refractivity contribution in [2.24, 2.45) is 0 Å². The van der Waals surface area contributed by atoms with E-state index < -0.39 is 23.4 Å². The number of nitrogens with one attached hydrogen (secondary N) is 2. The van der Waals surface area contributed by atoms with E-state index in [1.54, 1.807) is 0 Å². The first kappa shape index (κ1) is 16.9. The molecule has 1 aromatic carbocycles. The lowest BCUT2D eigenvalue weighted by atomic mass is 10.2. The fourth-order valence-electron chi connectivity index (χ4n) is 1.55. The number of nitrogens with zero attached hydrogens (tertiary/aromatic N) is 1. The lowest BCUT2D eigenvalue weighted by Gasteiger charge is -2.20. The van der Waals surface area contributed by atoms with E-state index in [2.05, 4.69) is 15.5 Å². The van der Waals surface area contributed by atoms with Gasteiger partial charge in [0.05, 0.1) is 5.56 Å². The predicted octanol–water partition coefficient (Wildman–Crippen LogP) is 1.99. The molecular formula is C14H20FN3O3. The molecule has 0 bridgehead atoms. The highest BCUT2D eigenvalue weighted by Gasteiger charge is 2.12. The topological polar surface area (TPSA) is 81.7 Å². The van der Waals surface area contributed by atoms with E-state index in [1.807, 2.05) is 20.9 Å². The first-order chi connectivity index (χ1) is 9.81. The molecule has 0 saturated carbocycles. The fourth-order valence-corrected chi connectivity index (χ4v) is 1.55. The van der Waals surface area contributed by atoms with Crippen LogP contribution in [0, 0.1) is 5.82 Å². The molecule has 0 heterocycles. The Morgan fingerprint density at radius 1 is 1.38 bits per heavy atom. The third-order valence-electron chi connectivity index (χ3n) is 3.09. The number of benzene rings is 1. The van der Waals surface area contributed by atoms with E-state index in [-0.39, 0.29) is 5.69 Å². The molecule has 2 amide bonds. The van der Waals surface area contributed by atoms with Crippen molar-refractivity contribution < 1.29 is 19.1 Å². The molecule has 1 rings (SSSR count). The van der Waals surface area contributed by atoms with Crippen molar-refractivity contribution in [1.82, 2.24) is 10.2 Å². The molecule has 1 aromatic rings. The van der Waals surface area contributed by atoms with Gasteiger partial charge >= 0.3 is 12.0 Å². The third kappa shape index (κ3) is 5.39. The first-order valence-corrected chi connectivity index (χ1v) is 6.59. The number of carboxylic acids is 1. The zero-order valence-corrected chi connectivity index (χ0v) is 12.3. The van der Waals surface area contributed by atoms with Crippen LogP contribution in [0.25, 0.3) is 0 Å². The van der Waals surface area contributed by atoms with Gasteiger partial charge in [0.1, 0.15) is 5.82 Å². The number of anilines is 1. The summed E-state index contributed by atoms with van der Waals surface area (Å²) in [5.74, 6) is -2.22. The Morgan fingerprint density at radius 3 is 2.62 bits per heavy atom. The van der Waals surface area contributed by atoms with Crippen LogP contribution in [0.2, 0.25) is 0 Å². The van der Waals surface area contributed by atoms with Gasteiger partial charge in [-0.1, -0.05) is 0 Å². The summed E-state index contributed by atoms with van der Waals surface area (Å²) >= 11 is 0. The molecule has 0 atom stereocenters. The van der Waals surface area contributed by atoms with E-state index in [0.717, 1.165) is 12.1 Å². The molecule has 0 saturated heterocycles. The van der Waals surface area contributed by atoms with Gasteiger partial charge in [-0.3, -0.25) is 0 Å². The highest BCUT2D eigenvalue weighted by Crippen LogP contribution is 2.14. The van der Waals surface area contributed by atoms with Crippen molar-refractivity contribution in [3.8, 4) is 0 Å². The Hall–Kier alpha value is -2.15. The smallest absolute Gasteiger partial charge is 0.338 e. The normalized spacial score (nSPS) is 10.8. The predicted molar refractivity (Wildman–Crippen MR) is 78.1 cm³/mol. The third-order valence-corrected chi connectivity index (χ3v) is 3.09. The average Bonchev–Trinajstić information content (AvgIpc) is 2.40. The van der Waals surface area contributed by atoms with Crippen LogP contribution in [0.4, 0.5) is 14.9 Å². The van der Waals surface area contributed by atoms with Gasteiger partial charge in [-0.2, -0.15) is 0 Å². The summed E-state index contributed by atoms with van der Waals surface area (Å²) in [5.41, 5.74) is -0.254. The Bertz CT molecular complexity index is 520. The van der Waals surface area contributed by atoms with Crippen LogP contribution in [0.1, 0.15) is 24.2 Å². The highest BCUT2D eigenvalue weighted by molar-refractivity contribution is 5.93. The second-order valence-corrected chi connectivity index (χ2v) is 4.96. The second kappa shape index (κ2) is 7.58. The number of carbonyl (C=O) groups is 2. The molecule has 0 aliphatic heterocycles. The molecule has 0 spiro atoms. The van der Waals surface area contributed by atoms with Crippen molar-refractivity contribution in [2.45, 2.75) is 19.9 Å². The summed E-state index contributed by atoms with van der Waals surface area (Å²) in [6.45, 7) is 5.24. The van der Waals surface area contributed by atoms with Gasteiger partial charge in [-0.15, -0.1) is 0 Å². The van der Waals surface area contributed by atoms with Crippen LogP contribution in [0.15, 0.2) is 18.2 Å². The quantitative estimate of drug-likeness (QED) is 0.750. The van der Waals surface area contributed by atoms with E-state index in [0.29, 0.717) is 19.1 Å². The second-order valence-electron chi connectivity index (χ2n) is 4.96. The number of hydrogen-bond acceptors (Lipinski definition) is 3. The van der Waals surface area contributed by atoms with E-state index >= 15 is 0 Å². The Morgan fingerprint density at radius 2 is 2.05 bits per heavy atom. The summed E-state index contributed by atoms with van der Waals surface area (Å²) in [4.78, 5) is 24.5. The van der Waals surface area contributed by atoms with Gasteiger partial charge in [0.25, 0.3) is 0 Å². The molecule has 3 N–H and O–H groups in total. The van der Waals surface area contributed by atoms with E-state index in [1.165, 1.54) is 6.07 Å². The molecule has 0 aromatic heterocycles. The molecule has 7 heteroatoms. The maximum Gasteiger partial charge on any atom is 0.338 e. The van der Waals surface area contributed by atoms with Crippen molar-refractivity contribution in [3.05, 3.63) is 29.6 Å². The number of carbonyl (C=O) groups excluding carboxylic acids is 1. The molecular weight excluding hydrogens is 277 g/mol. The van der Waals surface area contributed by atoms with Crippen LogP contribution in [0.3, 0.4) is 0 Å². The fraction of sp³-hybridized carbons (Fsp3) is 0.429. The number of urea groups is 1. The zero-order chi connectivity index (χ0) is 16.0. The molecule has 21 heavy (non-hydrogen) atoms. The van der Waals surface area contributed by atoms with E-state index in [9.17, 15) is 14.0 Å². The maximum absolute atomic E-state index is 13.2. The van der Waals surface area contributed by atoms with Gasteiger partial charge in [-0.25, -0.2) is 14.0 Å². The summed E-state index contributed by atoms with van der Waals surface area (Å²) in [6.07, 6.45) is 0. The molecule has 0 fully saturated rings. The Labute approximate surface area is 122 Å². The number of aromatic carboxylic acids is 1. The number of likely N-dealkylation sites (N-methyl/N-ethyl adjacent to an activating group) is 1. The number of hydrogen-bond donors (Lipinski definition) is 3. The molecule has 0 radical (unpaired) electrons. The van der Waals surface area contributed by atoms with Crippen LogP contribution in [0.5, 0.6) is 0 Å². The standard InChI is InChI=1S/C14H20FN3O3/c1-9(2)18(3)7-6-16-14(21)17-10-4-5-12(15)11(8-10)13(19)20/h4-5,8-9H,6-7H2,1-3H3,(H,19,20)(H2,16,17,21). The molecule has 0 aliphatic carbocycles. The van der Waals surface area contributed by atoms with Crippen molar-refractivity contribution >= 4 is 17.7 Å². The van der Waals surface area contributed by atoms with Gasteiger partial charge in [-0.05, 0) is 39.1 Å². The monoisotopic (exact) mass is 297 g/mol. The average molecular weight is 297 g/mol. The van der Waals surface area contributed by atoms with Crippen LogP contribution >= 0.6 is 0 Å². The number of halogens is 1. The minimum absolute atomic E-state index is 0.225. The molecule has 0 aliphatic rings. The van der Waals surface area contributed by atoms with Gasteiger partial charge in [0.15, 0.2) is 0 Å². The van der Waals surface area contributed by atoms with Crippen LogP contribution in [-0.4, -0.2) is 48.2 Å². The minimum Gasteiger partial charge on any atom is -0.478 e.